The lowest BCUT2D eigenvalue weighted by atomic mass is 10.1. The predicted octanol–water partition coefficient (Wildman–Crippen LogP) is 2.44. The SMILES string of the molecule is CCN1C(=O)COc2ccc(-c3csc4nc(CC(=O)O)cn34)cc21. The fourth-order valence-corrected chi connectivity index (χ4v) is 3.89. The molecule has 0 spiro atoms. The van der Waals surface area contributed by atoms with Crippen LogP contribution < -0.4 is 9.64 Å². The largest absolute Gasteiger partial charge is 0.482 e. The third-order valence-corrected chi connectivity index (χ3v) is 4.95. The number of hydrogen-bond acceptors (Lipinski definition) is 5. The molecule has 0 aliphatic carbocycles. The van der Waals surface area contributed by atoms with Crippen LogP contribution in [0.5, 0.6) is 5.75 Å². The van der Waals surface area contributed by atoms with Gasteiger partial charge >= 0.3 is 5.97 Å². The van der Waals surface area contributed by atoms with Crippen LogP contribution in [0.25, 0.3) is 16.2 Å². The molecule has 0 radical (unpaired) electrons. The highest BCUT2D eigenvalue weighted by atomic mass is 32.1. The number of imidazole rings is 1. The van der Waals surface area contributed by atoms with E-state index >= 15 is 0 Å². The summed E-state index contributed by atoms with van der Waals surface area (Å²) in [5, 5.41) is 10.9. The van der Waals surface area contributed by atoms with Gasteiger partial charge in [-0.15, -0.1) is 11.3 Å². The van der Waals surface area contributed by atoms with Crippen molar-refractivity contribution in [3.63, 3.8) is 0 Å². The van der Waals surface area contributed by atoms with Gasteiger partial charge in [0.25, 0.3) is 5.91 Å². The molecule has 0 fully saturated rings. The topological polar surface area (TPSA) is 84.1 Å². The summed E-state index contributed by atoms with van der Waals surface area (Å²) in [6.45, 7) is 2.56. The summed E-state index contributed by atoms with van der Waals surface area (Å²) in [4.78, 5) is 29.7. The molecule has 3 heterocycles. The first kappa shape index (κ1) is 15.6. The number of nitrogens with zero attached hydrogens (tertiary/aromatic N) is 3. The maximum atomic E-state index is 12.0. The fourth-order valence-electron chi connectivity index (χ4n) is 2.99. The van der Waals surface area contributed by atoms with Crippen molar-refractivity contribution in [1.29, 1.82) is 0 Å². The van der Waals surface area contributed by atoms with Gasteiger partial charge in [-0.05, 0) is 25.1 Å². The van der Waals surface area contributed by atoms with Crippen LogP contribution >= 0.6 is 11.3 Å². The highest BCUT2D eigenvalue weighted by Crippen LogP contribution is 2.37. The lowest BCUT2D eigenvalue weighted by molar-refractivity contribution is -0.136. The number of hydrogen-bond donors (Lipinski definition) is 1. The van der Waals surface area contributed by atoms with E-state index in [1.807, 2.05) is 34.9 Å². The summed E-state index contributed by atoms with van der Waals surface area (Å²) < 4.78 is 7.38. The second-order valence-corrected chi connectivity index (χ2v) is 6.52. The molecule has 7 nitrogen and oxygen atoms in total. The van der Waals surface area contributed by atoms with Gasteiger partial charge in [-0.3, -0.25) is 14.0 Å². The molecule has 0 atom stereocenters. The average Bonchev–Trinajstić information content (AvgIpc) is 3.13. The minimum Gasteiger partial charge on any atom is -0.482 e. The van der Waals surface area contributed by atoms with Crippen molar-refractivity contribution < 1.29 is 19.4 Å². The molecule has 128 valence electrons. The molecule has 1 aliphatic heterocycles. The van der Waals surface area contributed by atoms with E-state index in [1.165, 1.54) is 11.3 Å². The quantitative estimate of drug-likeness (QED) is 0.775. The van der Waals surface area contributed by atoms with Gasteiger partial charge < -0.3 is 14.7 Å². The lowest BCUT2D eigenvalue weighted by Gasteiger charge is -2.28. The first-order chi connectivity index (χ1) is 12.1. The van der Waals surface area contributed by atoms with E-state index in [4.69, 9.17) is 9.84 Å². The van der Waals surface area contributed by atoms with Crippen molar-refractivity contribution in [2.24, 2.45) is 0 Å². The van der Waals surface area contributed by atoms with Gasteiger partial charge in [0.2, 0.25) is 0 Å². The Labute approximate surface area is 147 Å². The highest BCUT2D eigenvalue weighted by molar-refractivity contribution is 7.15. The Hall–Kier alpha value is -2.87. The summed E-state index contributed by atoms with van der Waals surface area (Å²) in [7, 11) is 0. The number of ether oxygens (including phenoxy) is 1. The van der Waals surface area contributed by atoms with Crippen LogP contribution in [0, 0.1) is 0 Å². The number of anilines is 1. The van der Waals surface area contributed by atoms with Gasteiger partial charge in [-0.1, -0.05) is 0 Å². The van der Waals surface area contributed by atoms with Crippen molar-refractivity contribution in [2.45, 2.75) is 13.3 Å². The third-order valence-electron chi connectivity index (χ3n) is 4.11. The Bertz CT molecular complexity index is 991. The minimum absolute atomic E-state index is 0.0585. The zero-order valence-electron chi connectivity index (χ0n) is 13.4. The smallest absolute Gasteiger partial charge is 0.309 e. The Morgan fingerprint density at radius 1 is 1.44 bits per heavy atom. The normalized spacial score (nSPS) is 13.8. The molecule has 4 rings (SSSR count). The van der Waals surface area contributed by atoms with Gasteiger partial charge in [0.05, 0.1) is 23.5 Å². The molecule has 3 aromatic rings. The molecular weight excluding hydrogens is 342 g/mol. The van der Waals surface area contributed by atoms with Crippen molar-refractivity contribution >= 4 is 33.9 Å². The van der Waals surface area contributed by atoms with Crippen molar-refractivity contribution in [1.82, 2.24) is 9.38 Å². The standard InChI is InChI=1S/C17H15N3O4S/c1-2-19-12-5-10(3-4-14(12)24-8-15(19)21)13-9-25-17-18-11(6-16(22)23)7-20(13)17/h3-5,7,9H,2,6,8H2,1H3,(H,22,23). The highest BCUT2D eigenvalue weighted by Gasteiger charge is 2.25. The van der Waals surface area contributed by atoms with E-state index in [2.05, 4.69) is 4.98 Å². The third kappa shape index (κ3) is 2.64. The minimum atomic E-state index is -0.907. The average molecular weight is 357 g/mol. The van der Waals surface area contributed by atoms with Crippen LogP contribution in [-0.4, -0.2) is 39.5 Å². The molecule has 1 aromatic carbocycles. The van der Waals surface area contributed by atoms with E-state index in [9.17, 15) is 9.59 Å². The van der Waals surface area contributed by atoms with Crippen LogP contribution in [0.2, 0.25) is 0 Å². The number of fused-ring (bicyclic) bond motifs is 2. The van der Waals surface area contributed by atoms with Gasteiger partial charge in [-0.25, -0.2) is 4.98 Å². The van der Waals surface area contributed by atoms with Crippen LogP contribution in [0.4, 0.5) is 5.69 Å². The first-order valence-electron chi connectivity index (χ1n) is 7.81. The molecule has 1 amide bonds. The number of carboxylic acids is 1. The molecule has 0 saturated carbocycles. The number of thiazole rings is 1. The number of carboxylic acid groups (broad SMARTS) is 1. The van der Waals surface area contributed by atoms with Gasteiger partial charge in [0, 0.05) is 23.7 Å². The molecule has 2 aromatic heterocycles. The van der Waals surface area contributed by atoms with Gasteiger partial charge in [-0.2, -0.15) is 0 Å². The second-order valence-electron chi connectivity index (χ2n) is 5.69. The zero-order valence-corrected chi connectivity index (χ0v) is 14.2. The number of carbonyl (C=O) groups excluding carboxylic acids is 1. The van der Waals surface area contributed by atoms with E-state index in [-0.39, 0.29) is 18.9 Å². The Kier molecular flexibility index (Phi) is 3.69. The molecule has 1 N–H and O–H groups in total. The molecule has 0 saturated heterocycles. The Morgan fingerprint density at radius 2 is 2.28 bits per heavy atom. The molecule has 0 unspecified atom stereocenters. The number of rotatable bonds is 4. The molecule has 0 bridgehead atoms. The summed E-state index contributed by atoms with van der Waals surface area (Å²) in [6.07, 6.45) is 1.64. The lowest BCUT2D eigenvalue weighted by Crippen LogP contribution is -2.38. The van der Waals surface area contributed by atoms with Crippen molar-refractivity contribution in [2.75, 3.05) is 18.1 Å². The van der Waals surface area contributed by atoms with Crippen LogP contribution in [0.1, 0.15) is 12.6 Å². The summed E-state index contributed by atoms with van der Waals surface area (Å²) in [5.41, 5.74) is 3.09. The van der Waals surface area contributed by atoms with E-state index in [0.29, 0.717) is 18.0 Å². The second kappa shape index (κ2) is 5.89. The zero-order chi connectivity index (χ0) is 17.6. The number of amides is 1. The number of aliphatic carboxylic acids is 1. The summed E-state index contributed by atoms with van der Waals surface area (Å²) >= 11 is 1.45. The van der Waals surface area contributed by atoms with E-state index in [0.717, 1.165) is 21.9 Å². The predicted molar refractivity (Wildman–Crippen MR) is 93.4 cm³/mol. The van der Waals surface area contributed by atoms with E-state index in [1.54, 1.807) is 11.1 Å². The summed E-state index contributed by atoms with van der Waals surface area (Å²) in [5.74, 6) is -0.279. The van der Waals surface area contributed by atoms with Gasteiger partial charge in [0.1, 0.15) is 5.75 Å². The number of carbonyl (C=O) groups is 2. The number of benzene rings is 1. The van der Waals surface area contributed by atoms with E-state index < -0.39 is 5.97 Å². The maximum absolute atomic E-state index is 12.0. The Morgan fingerprint density at radius 3 is 3.04 bits per heavy atom. The van der Waals surface area contributed by atoms with Crippen molar-refractivity contribution in [3.8, 4) is 17.0 Å². The van der Waals surface area contributed by atoms with Gasteiger partial charge in [0.15, 0.2) is 11.6 Å². The fraction of sp³-hybridized carbons (Fsp3) is 0.235. The monoisotopic (exact) mass is 357 g/mol. The molecule has 25 heavy (non-hydrogen) atoms. The summed E-state index contributed by atoms with van der Waals surface area (Å²) in [6, 6.07) is 5.72. The number of likely N-dealkylation sites (N-methyl/N-ethyl adjacent to an activating group) is 1. The van der Waals surface area contributed by atoms with Crippen LogP contribution in [0.3, 0.4) is 0 Å². The van der Waals surface area contributed by atoms with Crippen LogP contribution in [-0.2, 0) is 16.0 Å². The Balaban J connectivity index is 1.79. The maximum Gasteiger partial charge on any atom is 0.309 e. The molecule has 8 heteroatoms. The van der Waals surface area contributed by atoms with Crippen LogP contribution in [0.15, 0.2) is 29.8 Å². The van der Waals surface area contributed by atoms with Crippen molar-refractivity contribution in [3.05, 3.63) is 35.5 Å². The molecular formula is C17H15N3O4S. The first-order valence-corrected chi connectivity index (χ1v) is 8.69. The molecule has 1 aliphatic rings. The number of aromatic nitrogens is 2.